The molecule has 0 saturated heterocycles. The molecule has 0 spiro atoms. The fraction of sp³-hybridized carbons (Fsp3) is 0.647. The highest BCUT2D eigenvalue weighted by Crippen LogP contribution is 2.24. The highest BCUT2D eigenvalue weighted by molar-refractivity contribution is 5.54. The van der Waals surface area contributed by atoms with Crippen LogP contribution in [0.1, 0.15) is 46.6 Å². The van der Waals surface area contributed by atoms with E-state index in [4.69, 9.17) is 0 Å². The minimum atomic E-state index is -0.113. The van der Waals surface area contributed by atoms with Crippen molar-refractivity contribution in [2.75, 3.05) is 18.0 Å². The zero-order valence-corrected chi connectivity index (χ0v) is 13.5. The van der Waals surface area contributed by atoms with Crippen LogP contribution >= 0.6 is 0 Å². The SMILES string of the molecule is CCC(C)CN(CC)c1cccc(F)c1CNC(C)C. The van der Waals surface area contributed by atoms with Crippen molar-refractivity contribution in [3.8, 4) is 0 Å². The van der Waals surface area contributed by atoms with E-state index in [1.807, 2.05) is 12.1 Å². The van der Waals surface area contributed by atoms with Crippen molar-refractivity contribution in [2.45, 2.75) is 53.6 Å². The molecule has 1 aromatic carbocycles. The maximum absolute atomic E-state index is 14.1. The smallest absolute Gasteiger partial charge is 0.129 e. The molecule has 114 valence electrons. The number of hydrogen-bond acceptors (Lipinski definition) is 2. The largest absolute Gasteiger partial charge is 0.371 e. The van der Waals surface area contributed by atoms with Gasteiger partial charge in [-0.05, 0) is 25.0 Å². The minimum Gasteiger partial charge on any atom is -0.371 e. The van der Waals surface area contributed by atoms with E-state index in [-0.39, 0.29) is 5.82 Å². The van der Waals surface area contributed by atoms with E-state index in [0.717, 1.165) is 30.8 Å². The third-order valence-corrected chi connectivity index (χ3v) is 3.73. The summed E-state index contributed by atoms with van der Waals surface area (Å²) in [5.74, 6) is 0.502. The zero-order valence-electron chi connectivity index (χ0n) is 13.5. The Labute approximate surface area is 123 Å². The van der Waals surface area contributed by atoms with Crippen LogP contribution in [0, 0.1) is 11.7 Å². The summed E-state index contributed by atoms with van der Waals surface area (Å²) in [6.45, 7) is 13.2. The average Bonchev–Trinajstić information content (AvgIpc) is 2.42. The van der Waals surface area contributed by atoms with Crippen molar-refractivity contribution in [3.05, 3.63) is 29.6 Å². The van der Waals surface area contributed by atoms with Crippen molar-refractivity contribution in [3.63, 3.8) is 0 Å². The van der Waals surface area contributed by atoms with Crippen LogP contribution in [0.4, 0.5) is 10.1 Å². The van der Waals surface area contributed by atoms with Crippen molar-refractivity contribution in [1.29, 1.82) is 0 Å². The summed E-state index contributed by atoms with van der Waals surface area (Å²) in [6.07, 6.45) is 1.14. The molecule has 0 heterocycles. The molecule has 2 nitrogen and oxygen atoms in total. The molecule has 1 atom stereocenters. The quantitative estimate of drug-likeness (QED) is 0.768. The van der Waals surface area contributed by atoms with Crippen LogP contribution in [-0.4, -0.2) is 19.1 Å². The molecule has 0 aliphatic carbocycles. The molecule has 0 saturated carbocycles. The van der Waals surface area contributed by atoms with E-state index in [1.54, 1.807) is 6.07 Å². The summed E-state index contributed by atoms with van der Waals surface area (Å²) in [6, 6.07) is 5.75. The van der Waals surface area contributed by atoms with E-state index in [9.17, 15) is 4.39 Å². The van der Waals surface area contributed by atoms with Crippen molar-refractivity contribution in [1.82, 2.24) is 5.32 Å². The number of halogens is 1. The van der Waals surface area contributed by atoms with E-state index in [0.29, 0.717) is 18.5 Å². The second-order valence-electron chi connectivity index (χ2n) is 5.83. The van der Waals surface area contributed by atoms with Gasteiger partial charge in [0.2, 0.25) is 0 Å². The molecule has 1 N–H and O–H groups in total. The van der Waals surface area contributed by atoms with Crippen LogP contribution in [0.3, 0.4) is 0 Å². The van der Waals surface area contributed by atoms with Gasteiger partial charge in [-0.2, -0.15) is 0 Å². The molecular formula is C17H29FN2. The molecule has 3 heteroatoms. The number of benzene rings is 1. The van der Waals surface area contributed by atoms with Gasteiger partial charge in [-0.3, -0.25) is 0 Å². The van der Waals surface area contributed by atoms with Gasteiger partial charge in [0.15, 0.2) is 0 Å². The molecule has 20 heavy (non-hydrogen) atoms. The molecule has 0 aliphatic heterocycles. The number of nitrogens with one attached hydrogen (secondary N) is 1. The van der Waals surface area contributed by atoms with Crippen LogP contribution in [-0.2, 0) is 6.54 Å². The Balaban J connectivity index is 2.98. The number of nitrogens with zero attached hydrogens (tertiary/aromatic N) is 1. The van der Waals surface area contributed by atoms with Crippen LogP contribution < -0.4 is 10.2 Å². The minimum absolute atomic E-state index is 0.113. The lowest BCUT2D eigenvalue weighted by Gasteiger charge is -2.29. The predicted molar refractivity (Wildman–Crippen MR) is 85.7 cm³/mol. The van der Waals surface area contributed by atoms with Crippen LogP contribution in [0.5, 0.6) is 0 Å². The van der Waals surface area contributed by atoms with E-state index in [1.165, 1.54) is 0 Å². The van der Waals surface area contributed by atoms with E-state index in [2.05, 4.69) is 44.8 Å². The molecule has 0 amide bonds. The Kier molecular flexibility index (Phi) is 7.00. The monoisotopic (exact) mass is 280 g/mol. The van der Waals surface area contributed by atoms with Gasteiger partial charge in [-0.25, -0.2) is 4.39 Å². The Morgan fingerprint density at radius 3 is 2.45 bits per heavy atom. The van der Waals surface area contributed by atoms with Gasteiger partial charge in [-0.15, -0.1) is 0 Å². The van der Waals surface area contributed by atoms with Gasteiger partial charge >= 0.3 is 0 Å². The molecule has 1 unspecified atom stereocenters. The van der Waals surface area contributed by atoms with E-state index < -0.39 is 0 Å². The first-order chi connectivity index (χ1) is 9.49. The standard InChI is InChI=1S/C17H29FN2/c1-6-14(5)12-20(7-2)17-10-8-9-16(18)15(17)11-19-13(3)4/h8-10,13-14,19H,6-7,11-12H2,1-5H3. The molecule has 0 bridgehead atoms. The highest BCUT2D eigenvalue weighted by Gasteiger charge is 2.15. The Hall–Kier alpha value is -1.09. The maximum atomic E-state index is 14.1. The topological polar surface area (TPSA) is 15.3 Å². The lowest BCUT2D eigenvalue weighted by atomic mass is 10.1. The van der Waals surface area contributed by atoms with Crippen LogP contribution in [0.25, 0.3) is 0 Å². The number of anilines is 1. The van der Waals surface area contributed by atoms with Crippen molar-refractivity contribution >= 4 is 5.69 Å². The van der Waals surface area contributed by atoms with Crippen LogP contribution in [0.2, 0.25) is 0 Å². The molecule has 0 aromatic heterocycles. The second-order valence-corrected chi connectivity index (χ2v) is 5.83. The van der Waals surface area contributed by atoms with Crippen molar-refractivity contribution in [2.24, 2.45) is 5.92 Å². The van der Waals surface area contributed by atoms with Gasteiger partial charge in [0.25, 0.3) is 0 Å². The Bertz CT molecular complexity index is 404. The summed E-state index contributed by atoms with van der Waals surface area (Å²) >= 11 is 0. The molecule has 0 aliphatic rings. The first-order valence-corrected chi connectivity index (χ1v) is 7.75. The van der Waals surface area contributed by atoms with Gasteiger partial charge in [0.05, 0.1) is 0 Å². The zero-order chi connectivity index (χ0) is 15.1. The predicted octanol–water partition coefficient (Wildman–Crippen LogP) is 4.20. The summed E-state index contributed by atoms with van der Waals surface area (Å²) in [5, 5.41) is 3.32. The normalized spacial score (nSPS) is 12.8. The molecule has 1 aromatic rings. The van der Waals surface area contributed by atoms with Crippen molar-refractivity contribution < 1.29 is 4.39 Å². The Morgan fingerprint density at radius 1 is 1.20 bits per heavy atom. The summed E-state index contributed by atoms with van der Waals surface area (Å²) < 4.78 is 14.1. The van der Waals surface area contributed by atoms with Gasteiger partial charge < -0.3 is 10.2 Å². The van der Waals surface area contributed by atoms with Gasteiger partial charge in [-0.1, -0.05) is 40.2 Å². The fourth-order valence-electron chi connectivity index (χ4n) is 2.23. The molecule has 0 fully saturated rings. The summed E-state index contributed by atoms with van der Waals surface area (Å²) in [5.41, 5.74) is 1.81. The molecular weight excluding hydrogens is 251 g/mol. The van der Waals surface area contributed by atoms with Gasteiger partial charge in [0, 0.05) is 36.9 Å². The van der Waals surface area contributed by atoms with E-state index >= 15 is 0 Å². The second kappa shape index (κ2) is 8.25. The first kappa shape index (κ1) is 17.0. The van der Waals surface area contributed by atoms with Crippen LogP contribution in [0.15, 0.2) is 18.2 Å². The third kappa shape index (κ3) is 4.78. The maximum Gasteiger partial charge on any atom is 0.129 e. The number of hydrogen-bond donors (Lipinski definition) is 1. The van der Waals surface area contributed by atoms with Gasteiger partial charge in [0.1, 0.15) is 5.82 Å². The molecule has 0 radical (unpaired) electrons. The fourth-order valence-corrected chi connectivity index (χ4v) is 2.23. The lowest BCUT2D eigenvalue weighted by molar-refractivity contribution is 0.534. The first-order valence-electron chi connectivity index (χ1n) is 7.75. The highest BCUT2D eigenvalue weighted by atomic mass is 19.1. The average molecular weight is 280 g/mol. The molecule has 1 rings (SSSR count). The lowest BCUT2D eigenvalue weighted by Crippen LogP contribution is -2.31. The Morgan fingerprint density at radius 2 is 1.90 bits per heavy atom. The number of rotatable bonds is 8. The summed E-state index contributed by atoms with van der Waals surface area (Å²) in [7, 11) is 0. The third-order valence-electron chi connectivity index (χ3n) is 3.73. The summed E-state index contributed by atoms with van der Waals surface area (Å²) in [4.78, 5) is 2.29.